The summed E-state index contributed by atoms with van der Waals surface area (Å²) in [5.74, 6) is 1.86. The molecule has 4 aliphatic carbocycles. The van der Waals surface area contributed by atoms with Gasteiger partial charge in [-0.25, -0.2) is 0 Å². The molecule has 0 aromatic rings. The third-order valence-electron chi connectivity index (χ3n) is 12.2. The van der Waals surface area contributed by atoms with Gasteiger partial charge in [-0.05, 0) is 123 Å². The van der Waals surface area contributed by atoms with Crippen LogP contribution in [0.2, 0.25) is 0 Å². The first-order valence-electron chi connectivity index (χ1n) is 14.2. The third-order valence-corrected chi connectivity index (χ3v) is 12.2. The highest BCUT2D eigenvalue weighted by Crippen LogP contribution is 2.69. The van der Waals surface area contributed by atoms with Crippen LogP contribution in [0.1, 0.15) is 112 Å². The lowest BCUT2D eigenvalue weighted by molar-refractivity contribution is -0.173. The average Bonchev–Trinajstić information content (AvgIpc) is 3.13. The van der Waals surface area contributed by atoms with E-state index in [2.05, 4.69) is 27.7 Å². The maximum Gasteiger partial charge on any atom is 0.391 e. The summed E-state index contributed by atoms with van der Waals surface area (Å²) in [6.07, 6.45) is 6.54. The summed E-state index contributed by atoms with van der Waals surface area (Å²) in [6, 6.07) is 0. The molecule has 0 unspecified atom stereocenters. The number of hydrogen-bond acceptors (Lipinski definition) is 2. The van der Waals surface area contributed by atoms with Gasteiger partial charge in [-0.15, -0.1) is 0 Å². The quantitative estimate of drug-likeness (QED) is 0.403. The van der Waals surface area contributed by atoms with E-state index in [0.717, 1.165) is 43.9 Å². The molecular formula is C29H49F3O2. The molecule has 4 fully saturated rings. The zero-order valence-electron chi connectivity index (χ0n) is 22.1. The van der Waals surface area contributed by atoms with Gasteiger partial charge in [0, 0.05) is 0 Å². The highest BCUT2D eigenvalue weighted by atomic mass is 19.4. The van der Waals surface area contributed by atoms with E-state index in [1.807, 2.05) is 0 Å². The van der Waals surface area contributed by atoms with Gasteiger partial charge in [-0.3, -0.25) is 0 Å². The number of hydrogen-bond donors (Lipinski definition) is 2. The number of aliphatic hydroxyl groups is 2. The smallest absolute Gasteiger partial charge is 0.391 e. The Labute approximate surface area is 205 Å². The van der Waals surface area contributed by atoms with Gasteiger partial charge in [0.2, 0.25) is 0 Å². The molecule has 2 nitrogen and oxygen atoms in total. The molecule has 5 heteroatoms. The molecular weight excluding hydrogens is 437 g/mol. The standard InChI is InChI=1S/C29H49F3O2/c1-6-28(34)16-15-26(4)20(17-28)8-9-21-23-11-10-22(27(23,5)14-13-24(21)26)19(3)25(33)12-7-18(2)29(30,31)32/h18-25,33-34H,6-17H2,1-5H3/t18-,19-,20+,21-,22+,23-,24-,25+,26-,27+,28+/m0/s1. The minimum absolute atomic E-state index is 0.0103. The molecule has 11 atom stereocenters. The van der Waals surface area contributed by atoms with E-state index in [9.17, 15) is 23.4 Å². The Morgan fingerprint density at radius 2 is 1.56 bits per heavy atom. The van der Waals surface area contributed by atoms with Crippen molar-refractivity contribution in [1.82, 2.24) is 0 Å². The summed E-state index contributed by atoms with van der Waals surface area (Å²) >= 11 is 0. The maximum absolute atomic E-state index is 13.0. The van der Waals surface area contributed by atoms with Crippen LogP contribution in [0.25, 0.3) is 0 Å². The van der Waals surface area contributed by atoms with Gasteiger partial charge in [0.25, 0.3) is 0 Å². The molecule has 0 saturated heterocycles. The van der Waals surface area contributed by atoms with E-state index in [0.29, 0.717) is 23.2 Å². The topological polar surface area (TPSA) is 40.5 Å². The normalized spacial score (nSPS) is 47.3. The van der Waals surface area contributed by atoms with Crippen molar-refractivity contribution in [2.75, 3.05) is 0 Å². The minimum Gasteiger partial charge on any atom is -0.393 e. The van der Waals surface area contributed by atoms with Gasteiger partial charge in [0.1, 0.15) is 0 Å². The van der Waals surface area contributed by atoms with Crippen molar-refractivity contribution >= 4 is 0 Å². The molecule has 0 aliphatic heterocycles. The van der Waals surface area contributed by atoms with Gasteiger partial charge < -0.3 is 10.2 Å². The monoisotopic (exact) mass is 486 g/mol. The Bertz CT molecular complexity index is 725. The van der Waals surface area contributed by atoms with E-state index < -0.39 is 23.8 Å². The molecule has 34 heavy (non-hydrogen) atoms. The molecule has 0 aromatic heterocycles. The fraction of sp³-hybridized carbons (Fsp3) is 1.00. The van der Waals surface area contributed by atoms with Crippen LogP contribution in [0.5, 0.6) is 0 Å². The van der Waals surface area contributed by atoms with Crippen LogP contribution < -0.4 is 0 Å². The van der Waals surface area contributed by atoms with Crippen molar-refractivity contribution in [3.63, 3.8) is 0 Å². The Morgan fingerprint density at radius 1 is 0.882 bits per heavy atom. The molecule has 0 radical (unpaired) electrons. The predicted molar refractivity (Wildman–Crippen MR) is 130 cm³/mol. The highest BCUT2D eigenvalue weighted by Gasteiger charge is 2.61. The largest absolute Gasteiger partial charge is 0.393 e. The summed E-state index contributed by atoms with van der Waals surface area (Å²) in [4.78, 5) is 0. The Balaban J connectivity index is 1.44. The van der Waals surface area contributed by atoms with Crippen LogP contribution in [-0.4, -0.2) is 28.1 Å². The summed E-state index contributed by atoms with van der Waals surface area (Å²) < 4.78 is 38.9. The van der Waals surface area contributed by atoms with Gasteiger partial charge >= 0.3 is 6.18 Å². The SMILES string of the molecule is CC[C@@]1(O)CC[C@@]2(C)[C@H](CC[C@@H]3[C@@H]2CC[C@]2(C)[C@@H]([C@H](C)[C@H](O)CC[C@H](C)C(F)(F)F)CC[C@@H]32)C1. The van der Waals surface area contributed by atoms with Crippen LogP contribution in [0.15, 0.2) is 0 Å². The molecule has 4 saturated carbocycles. The van der Waals surface area contributed by atoms with Crippen molar-refractivity contribution in [3.05, 3.63) is 0 Å². The molecule has 4 aliphatic rings. The molecule has 0 aromatic carbocycles. The van der Waals surface area contributed by atoms with Gasteiger partial charge in [0.05, 0.1) is 17.6 Å². The van der Waals surface area contributed by atoms with Crippen LogP contribution in [-0.2, 0) is 0 Å². The van der Waals surface area contributed by atoms with E-state index in [1.165, 1.54) is 39.0 Å². The van der Waals surface area contributed by atoms with Crippen LogP contribution in [0.4, 0.5) is 13.2 Å². The van der Waals surface area contributed by atoms with Gasteiger partial charge in [-0.1, -0.05) is 34.6 Å². The molecule has 0 bridgehead atoms. The number of aliphatic hydroxyl groups excluding tert-OH is 1. The van der Waals surface area contributed by atoms with Crippen molar-refractivity contribution in [1.29, 1.82) is 0 Å². The fourth-order valence-electron chi connectivity index (χ4n) is 9.66. The summed E-state index contributed by atoms with van der Waals surface area (Å²) in [7, 11) is 0. The Morgan fingerprint density at radius 3 is 2.21 bits per heavy atom. The van der Waals surface area contributed by atoms with Gasteiger partial charge in [0.15, 0.2) is 0 Å². The summed E-state index contributed by atoms with van der Waals surface area (Å²) in [5, 5.41) is 21.9. The Kier molecular flexibility index (Phi) is 7.26. The van der Waals surface area contributed by atoms with Crippen LogP contribution >= 0.6 is 0 Å². The van der Waals surface area contributed by atoms with Crippen LogP contribution in [0, 0.1) is 52.3 Å². The second kappa shape index (κ2) is 9.23. The first-order chi connectivity index (χ1) is 15.7. The van der Waals surface area contributed by atoms with E-state index in [4.69, 9.17) is 0 Å². The molecule has 0 spiro atoms. The number of fused-ring (bicyclic) bond motifs is 5. The highest BCUT2D eigenvalue weighted by molar-refractivity contribution is 5.11. The molecule has 4 rings (SSSR count). The predicted octanol–water partition coefficient (Wildman–Crippen LogP) is 7.76. The van der Waals surface area contributed by atoms with Crippen LogP contribution in [0.3, 0.4) is 0 Å². The lowest BCUT2D eigenvalue weighted by Gasteiger charge is -2.62. The average molecular weight is 487 g/mol. The fourth-order valence-corrected chi connectivity index (χ4v) is 9.66. The lowest BCUT2D eigenvalue weighted by Crippen LogP contribution is -2.56. The summed E-state index contributed by atoms with van der Waals surface area (Å²) in [5.41, 5.74) is 0.0651. The number of halogens is 3. The molecule has 2 N–H and O–H groups in total. The first-order valence-corrected chi connectivity index (χ1v) is 14.2. The zero-order valence-corrected chi connectivity index (χ0v) is 22.1. The molecule has 0 heterocycles. The Hall–Kier alpha value is -0.290. The number of alkyl halides is 3. The number of rotatable bonds is 6. The van der Waals surface area contributed by atoms with E-state index in [-0.39, 0.29) is 24.2 Å². The van der Waals surface area contributed by atoms with Crippen molar-refractivity contribution in [2.24, 2.45) is 52.3 Å². The second-order valence-electron chi connectivity index (χ2n) is 13.6. The summed E-state index contributed by atoms with van der Waals surface area (Å²) in [6.45, 7) is 10.4. The lowest BCUT2D eigenvalue weighted by atomic mass is 9.43. The zero-order chi connectivity index (χ0) is 25.1. The molecule has 198 valence electrons. The van der Waals surface area contributed by atoms with Crippen molar-refractivity contribution in [3.8, 4) is 0 Å². The van der Waals surface area contributed by atoms with Crippen molar-refractivity contribution < 1.29 is 23.4 Å². The van der Waals surface area contributed by atoms with E-state index in [1.54, 1.807) is 0 Å². The second-order valence-corrected chi connectivity index (χ2v) is 13.6. The minimum atomic E-state index is -4.17. The van der Waals surface area contributed by atoms with Gasteiger partial charge in [-0.2, -0.15) is 13.2 Å². The van der Waals surface area contributed by atoms with E-state index >= 15 is 0 Å². The molecule has 0 amide bonds. The maximum atomic E-state index is 13.0. The third kappa shape index (κ3) is 4.48. The van der Waals surface area contributed by atoms with Crippen molar-refractivity contribution in [2.45, 2.75) is 130 Å². The first kappa shape index (κ1) is 26.8.